The molecule has 3 nitrogen and oxygen atoms in total. The van der Waals surface area contributed by atoms with Crippen LogP contribution in [-0.2, 0) is 0 Å². The predicted molar refractivity (Wildman–Crippen MR) is 48.1 cm³/mol. The summed E-state index contributed by atoms with van der Waals surface area (Å²) in [5, 5.41) is 3.79. The van der Waals surface area contributed by atoms with Crippen LogP contribution in [0, 0.1) is 12.8 Å². The summed E-state index contributed by atoms with van der Waals surface area (Å²) >= 11 is 0. The Bertz CT molecular complexity index is 257. The Morgan fingerprint density at radius 2 is 2.33 bits per heavy atom. The fourth-order valence-electron chi connectivity index (χ4n) is 1.33. The zero-order chi connectivity index (χ0) is 7.84. The van der Waals surface area contributed by atoms with Gasteiger partial charge in [0.1, 0.15) is 6.26 Å². The maximum Gasteiger partial charge on any atom is 0.128 e. The van der Waals surface area contributed by atoms with Gasteiger partial charge in [0.2, 0.25) is 0 Å². The van der Waals surface area contributed by atoms with E-state index in [-0.39, 0.29) is 18.4 Å². The van der Waals surface area contributed by atoms with Crippen LogP contribution in [0.1, 0.15) is 30.1 Å². The molecule has 0 bridgehead atoms. The van der Waals surface area contributed by atoms with Crippen molar-refractivity contribution in [3.05, 3.63) is 17.5 Å². The van der Waals surface area contributed by atoms with E-state index in [1.165, 1.54) is 12.8 Å². The molecule has 2 rings (SSSR count). The van der Waals surface area contributed by atoms with Crippen LogP contribution in [0.2, 0.25) is 0 Å². The van der Waals surface area contributed by atoms with E-state index in [2.05, 4.69) is 5.16 Å². The van der Waals surface area contributed by atoms with Crippen LogP contribution in [0.5, 0.6) is 0 Å². The van der Waals surface area contributed by atoms with E-state index in [1.807, 2.05) is 6.92 Å². The lowest BCUT2D eigenvalue weighted by Crippen LogP contribution is -2.12. The largest absolute Gasteiger partial charge is 0.364 e. The molecule has 1 fully saturated rings. The monoisotopic (exact) mass is 188 g/mol. The first-order chi connectivity index (χ1) is 5.29. The van der Waals surface area contributed by atoms with Crippen molar-refractivity contribution in [2.75, 3.05) is 0 Å². The van der Waals surface area contributed by atoms with Crippen LogP contribution in [0.4, 0.5) is 0 Å². The number of halogens is 1. The highest BCUT2D eigenvalue weighted by molar-refractivity contribution is 5.85. The quantitative estimate of drug-likeness (QED) is 0.770. The van der Waals surface area contributed by atoms with Crippen molar-refractivity contribution >= 4 is 12.4 Å². The first kappa shape index (κ1) is 9.55. The molecule has 0 aliphatic heterocycles. The van der Waals surface area contributed by atoms with E-state index in [4.69, 9.17) is 10.3 Å². The third kappa shape index (κ3) is 1.62. The summed E-state index contributed by atoms with van der Waals surface area (Å²) < 4.78 is 4.81. The minimum Gasteiger partial charge on any atom is -0.364 e. The molecule has 0 aromatic carbocycles. The summed E-state index contributed by atoms with van der Waals surface area (Å²) in [6, 6.07) is 0.154. The highest BCUT2D eigenvalue weighted by Gasteiger charge is 2.31. The molecule has 4 heteroatoms. The molecule has 2 N–H and O–H groups in total. The molecule has 1 heterocycles. The average Bonchev–Trinajstić information content (AvgIpc) is 2.74. The number of rotatable bonds is 2. The minimum absolute atomic E-state index is 0. The minimum atomic E-state index is 0. The third-order valence-corrected chi connectivity index (χ3v) is 2.28. The Kier molecular flexibility index (Phi) is 2.75. The lowest BCUT2D eigenvalue weighted by Gasteiger charge is -2.06. The van der Waals surface area contributed by atoms with Crippen molar-refractivity contribution in [3.8, 4) is 0 Å². The van der Waals surface area contributed by atoms with Gasteiger partial charge in [-0.15, -0.1) is 12.4 Å². The second-order valence-electron chi connectivity index (χ2n) is 3.22. The van der Waals surface area contributed by atoms with E-state index >= 15 is 0 Å². The van der Waals surface area contributed by atoms with Crippen LogP contribution in [-0.4, -0.2) is 5.16 Å². The van der Waals surface area contributed by atoms with Crippen molar-refractivity contribution in [1.29, 1.82) is 0 Å². The first-order valence-electron chi connectivity index (χ1n) is 3.95. The Hall–Kier alpha value is -0.540. The van der Waals surface area contributed by atoms with Crippen molar-refractivity contribution < 1.29 is 4.52 Å². The van der Waals surface area contributed by atoms with Crippen LogP contribution in [0.25, 0.3) is 0 Å². The summed E-state index contributed by atoms with van der Waals surface area (Å²) in [4.78, 5) is 0. The standard InChI is InChI=1S/C8H12N2O.ClH/c1-5-7(4-11-10-5)8(9)6-2-3-6;/h4,6,8H,2-3,9H2,1H3;1H/t8-;/m1./s1. The molecule has 12 heavy (non-hydrogen) atoms. The molecule has 0 spiro atoms. The lowest BCUT2D eigenvalue weighted by molar-refractivity contribution is 0.413. The van der Waals surface area contributed by atoms with E-state index in [1.54, 1.807) is 6.26 Å². The van der Waals surface area contributed by atoms with Crippen molar-refractivity contribution in [1.82, 2.24) is 5.16 Å². The van der Waals surface area contributed by atoms with Gasteiger partial charge >= 0.3 is 0 Å². The molecule has 1 aliphatic carbocycles. The molecule has 0 unspecified atom stereocenters. The fraction of sp³-hybridized carbons (Fsp3) is 0.625. The highest BCUT2D eigenvalue weighted by atomic mass is 35.5. The van der Waals surface area contributed by atoms with E-state index in [0.29, 0.717) is 5.92 Å². The van der Waals surface area contributed by atoms with Crippen molar-refractivity contribution in [2.45, 2.75) is 25.8 Å². The van der Waals surface area contributed by atoms with Crippen molar-refractivity contribution in [3.63, 3.8) is 0 Å². The van der Waals surface area contributed by atoms with Crippen LogP contribution in [0.15, 0.2) is 10.8 Å². The maximum atomic E-state index is 5.95. The number of aromatic nitrogens is 1. The van der Waals surface area contributed by atoms with Crippen LogP contribution >= 0.6 is 12.4 Å². The zero-order valence-corrected chi connectivity index (χ0v) is 7.80. The van der Waals surface area contributed by atoms with Crippen LogP contribution in [0.3, 0.4) is 0 Å². The molecular weight excluding hydrogens is 176 g/mol. The van der Waals surface area contributed by atoms with Gasteiger partial charge in [-0.25, -0.2) is 0 Å². The van der Waals surface area contributed by atoms with Gasteiger partial charge in [-0.05, 0) is 25.7 Å². The second-order valence-corrected chi connectivity index (χ2v) is 3.22. The van der Waals surface area contributed by atoms with Gasteiger partial charge < -0.3 is 10.3 Å². The highest BCUT2D eigenvalue weighted by Crippen LogP contribution is 2.39. The third-order valence-electron chi connectivity index (χ3n) is 2.28. The van der Waals surface area contributed by atoms with Crippen molar-refractivity contribution in [2.24, 2.45) is 11.7 Å². The molecule has 1 aromatic rings. The van der Waals surface area contributed by atoms with Gasteiger partial charge in [0.05, 0.1) is 5.69 Å². The van der Waals surface area contributed by atoms with Gasteiger partial charge in [0, 0.05) is 11.6 Å². The summed E-state index contributed by atoms with van der Waals surface area (Å²) in [6.07, 6.45) is 4.18. The van der Waals surface area contributed by atoms with Gasteiger partial charge in [-0.1, -0.05) is 5.16 Å². The molecular formula is C8H13ClN2O. The number of aryl methyl sites for hydroxylation is 1. The number of hydrogen-bond acceptors (Lipinski definition) is 3. The summed E-state index contributed by atoms with van der Waals surface area (Å²) in [5.74, 6) is 0.674. The molecule has 0 saturated heterocycles. The molecule has 0 radical (unpaired) electrons. The maximum absolute atomic E-state index is 5.95. The average molecular weight is 189 g/mol. The smallest absolute Gasteiger partial charge is 0.128 e. The Balaban J connectivity index is 0.000000720. The summed E-state index contributed by atoms with van der Waals surface area (Å²) in [5.41, 5.74) is 7.96. The predicted octanol–water partition coefficient (Wildman–Crippen LogP) is 1.81. The SMILES string of the molecule is Cc1nocc1[C@H](N)C1CC1.Cl. The Morgan fingerprint density at radius 3 is 2.75 bits per heavy atom. The number of nitrogens with two attached hydrogens (primary N) is 1. The topological polar surface area (TPSA) is 52.0 Å². The molecule has 1 atom stereocenters. The van der Waals surface area contributed by atoms with E-state index < -0.39 is 0 Å². The fourth-order valence-corrected chi connectivity index (χ4v) is 1.33. The molecule has 1 saturated carbocycles. The second kappa shape index (κ2) is 3.46. The Labute approximate surface area is 77.7 Å². The zero-order valence-electron chi connectivity index (χ0n) is 6.99. The summed E-state index contributed by atoms with van der Waals surface area (Å²) in [6.45, 7) is 1.93. The number of nitrogens with zero attached hydrogens (tertiary/aromatic N) is 1. The van der Waals surface area contributed by atoms with E-state index in [9.17, 15) is 0 Å². The molecule has 68 valence electrons. The number of hydrogen-bond donors (Lipinski definition) is 1. The van der Waals surface area contributed by atoms with Gasteiger partial charge in [-0.3, -0.25) is 0 Å². The van der Waals surface area contributed by atoms with Crippen LogP contribution < -0.4 is 5.73 Å². The first-order valence-corrected chi connectivity index (χ1v) is 3.95. The van der Waals surface area contributed by atoms with Gasteiger partial charge in [-0.2, -0.15) is 0 Å². The summed E-state index contributed by atoms with van der Waals surface area (Å²) in [7, 11) is 0. The molecule has 1 aliphatic rings. The lowest BCUT2D eigenvalue weighted by atomic mass is 10.1. The normalized spacial score (nSPS) is 18.5. The Morgan fingerprint density at radius 1 is 1.67 bits per heavy atom. The van der Waals surface area contributed by atoms with Gasteiger partial charge in [0.25, 0.3) is 0 Å². The molecule has 1 aromatic heterocycles. The molecule has 0 amide bonds. The van der Waals surface area contributed by atoms with Gasteiger partial charge in [0.15, 0.2) is 0 Å². The van der Waals surface area contributed by atoms with E-state index in [0.717, 1.165) is 11.3 Å².